The first kappa shape index (κ1) is 26.4. The summed E-state index contributed by atoms with van der Waals surface area (Å²) < 4.78 is 19.5. The number of esters is 1. The Morgan fingerprint density at radius 3 is 2.59 bits per heavy atom. The van der Waals surface area contributed by atoms with Gasteiger partial charge in [-0.1, -0.05) is 22.9 Å². The molecule has 0 saturated carbocycles. The van der Waals surface area contributed by atoms with Crippen molar-refractivity contribution < 1.29 is 19.0 Å². The number of nitrogens with zero attached hydrogens (tertiary/aromatic N) is 3. The van der Waals surface area contributed by atoms with Gasteiger partial charge < -0.3 is 14.2 Å². The topological polar surface area (TPSA) is 92.0 Å². The van der Waals surface area contributed by atoms with Crippen molar-refractivity contribution in [3.63, 3.8) is 0 Å². The highest BCUT2D eigenvalue weighted by molar-refractivity contribution is 9.13. The molecule has 3 rings (SSSR count). The van der Waals surface area contributed by atoms with Crippen LogP contribution in [0.25, 0.3) is 10.9 Å². The third kappa shape index (κ3) is 5.52. The van der Waals surface area contributed by atoms with Crippen LogP contribution in [0.1, 0.15) is 32.2 Å². The summed E-state index contributed by atoms with van der Waals surface area (Å²) in [5.74, 6) is 0.744. The predicted molar refractivity (Wildman–Crippen MR) is 141 cm³/mol. The Morgan fingerprint density at radius 2 is 1.94 bits per heavy atom. The van der Waals surface area contributed by atoms with E-state index in [1.54, 1.807) is 32.0 Å². The average molecular weight is 660 g/mol. The maximum atomic E-state index is 13.1. The summed E-state index contributed by atoms with van der Waals surface area (Å²) in [6.07, 6.45) is 1.21. The lowest BCUT2D eigenvalue weighted by atomic mass is 10.2. The molecule has 0 unspecified atom stereocenters. The Kier molecular flexibility index (Phi) is 8.89. The van der Waals surface area contributed by atoms with Crippen LogP contribution in [-0.4, -0.2) is 41.7 Å². The highest BCUT2D eigenvalue weighted by atomic mass is 79.9. The van der Waals surface area contributed by atoms with E-state index >= 15 is 0 Å². The SMILES string of the molecule is CCOC(=O)[C@@H](C)Oc1c(OC)cc(C=Nn2c(CC)nc3ccc(Br)cc3c2=O)c(Br)c1Br. The summed E-state index contributed by atoms with van der Waals surface area (Å²) in [5, 5.41) is 4.88. The summed E-state index contributed by atoms with van der Waals surface area (Å²) in [6, 6.07) is 7.05. The van der Waals surface area contributed by atoms with Gasteiger partial charge in [-0.25, -0.2) is 9.78 Å². The molecule has 2 aromatic carbocycles. The number of ether oxygens (including phenoxy) is 3. The monoisotopic (exact) mass is 657 g/mol. The van der Waals surface area contributed by atoms with Crippen LogP contribution >= 0.6 is 47.8 Å². The molecule has 0 N–H and O–H groups in total. The molecule has 0 bridgehead atoms. The van der Waals surface area contributed by atoms with Gasteiger partial charge >= 0.3 is 5.97 Å². The van der Waals surface area contributed by atoms with Crippen molar-refractivity contribution in [2.45, 2.75) is 33.3 Å². The molecule has 0 aliphatic rings. The van der Waals surface area contributed by atoms with Gasteiger partial charge in [0.2, 0.25) is 0 Å². The Hall–Kier alpha value is -2.24. The summed E-state index contributed by atoms with van der Waals surface area (Å²) in [6.45, 7) is 5.48. The van der Waals surface area contributed by atoms with Crippen LogP contribution in [0.3, 0.4) is 0 Å². The molecule has 0 fully saturated rings. The molecule has 0 amide bonds. The van der Waals surface area contributed by atoms with Crippen LogP contribution in [0.4, 0.5) is 0 Å². The van der Waals surface area contributed by atoms with E-state index in [2.05, 4.69) is 57.9 Å². The third-order valence-electron chi connectivity index (χ3n) is 4.79. The zero-order chi connectivity index (χ0) is 25.0. The number of methoxy groups -OCH3 is 1. The van der Waals surface area contributed by atoms with Crippen LogP contribution in [-0.2, 0) is 16.0 Å². The van der Waals surface area contributed by atoms with E-state index in [9.17, 15) is 9.59 Å². The molecule has 0 saturated heterocycles. The number of benzene rings is 2. The molecule has 1 aromatic heterocycles. The number of carbonyl (C=O) groups excluding carboxylic acids is 1. The maximum absolute atomic E-state index is 13.1. The van der Waals surface area contributed by atoms with Crippen molar-refractivity contribution in [3.8, 4) is 11.5 Å². The Morgan fingerprint density at radius 1 is 1.21 bits per heavy atom. The summed E-state index contributed by atoms with van der Waals surface area (Å²) in [7, 11) is 1.49. The number of halogens is 3. The molecular formula is C23H22Br3N3O5. The minimum atomic E-state index is -0.842. The predicted octanol–water partition coefficient (Wildman–Crippen LogP) is 5.47. The van der Waals surface area contributed by atoms with E-state index < -0.39 is 12.1 Å². The highest BCUT2D eigenvalue weighted by Crippen LogP contribution is 2.42. The molecule has 0 aliphatic carbocycles. The van der Waals surface area contributed by atoms with Gasteiger partial charge in [-0.15, -0.1) is 0 Å². The van der Waals surface area contributed by atoms with Crippen LogP contribution in [0, 0.1) is 0 Å². The fourth-order valence-corrected chi connectivity index (χ4v) is 4.38. The Bertz CT molecular complexity index is 1320. The van der Waals surface area contributed by atoms with Gasteiger partial charge in [0, 0.05) is 20.9 Å². The number of hydrogen-bond donors (Lipinski definition) is 0. The van der Waals surface area contributed by atoms with Gasteiger partial charge in [0.1, 0.15) is 5.82 Å². The Balaban J connectivity index is 2.05. The summed E-state index contributed by atoms with van der Waals surface area (Å²) in [5.41, 5.74) is 0.951. The van der Waals surface area contributed by atoms with Crippen molar-refractivity contribution in [2.75, 3.05) is 13.7 Å². The van der Waals surface area contributed by atoms with Crippen molar-refractivity contribution in [1.29, 1.82) is 0 Å². The fourth-order valence-electron chi connectivity index (χ4n) is 3.11. The molecule has 0 radical (unpaired) electrons. The van der Waals surface area contributed by atoms with Gasteiger partial charge in [0.05, 0.1) is 35.3 Å². The maximum Gasteiger partial charge on any atom is 0.347 e. The van der Waals surface area contributed by atoms with E-state index in [4.69, 9.17) is 14.2 Å². The van der Waals surface area contributed by atoms with Crippen molar-refractivity contribution in [3.05, 3.63) is 59.4 Å². The number of rotatable bonds is 8. The lowest BCUT2D eigenvalue weighted by molar-refractivity contribution is -0.150. The molecule has 1 atom stereocenters. The van der Waals surface area contributed by atoms with Gasteiger partial charge in [-0.05, 0) is 70.0 Å². The smallest absolute Gasteiger partial charge is 0.347 e. The van der Waals surface area contributed by atoms with E-state index in [0.29, 0.717) is 49.2 Å². The zero-order valence-corrected chi connectivity index (χ0v) is 23.7. The van der Waals surface area contributed by atoms with E-state index in [-0.39, 0.29) is 12.2 Å². The fraction of sp³-hybridized carbons (Fsp3) is 0.304. The molecule has 11 heteroatoms. The molecule has 3 aromatic rings. The quantitative estimate of drug-likeness (QED) is 0.235. The highest BCUT2D eigenvalue weighted by Gasteiger charge is 2.23. The van der Waals surface area contributed by atoms with Crippen LogP contribution in [0.15, 0.2) is 47.6 Å². The number of aromatic nitrogens is 2. The minimum Gasteiger partial charge on any atom is -0.493 e. The third-order valence-corrected chi connectivity index (χ3v) is 7.43. The van der Waals surface area contributed by atoms with Crippen LogP contribution in [0.2, 0.25) is 0 Å². The van der Waals surface area contributed by atoms with Crippen molar-refractivity contribution in [2.24, 2.45) is 5.10 Å². The van der Waals surface area contributed by atoms with E-state index in [1.165, 1.54) is 18.0 Å². The molecule has 8 nitrogen and oxygen atoms in total. The molecule has 0 aliphatic heterocycles. The standard InChI is InChI=1S/C23H22Br3N3O5/c1-5-18-28-16-8-7-14(24)10-15(16)22(30)29(18)27-11-13-9-17(32-4)21(20(26)19(13)25)34-12(3)23(31)33-6-2/h7-12H,5-6H2,1-4H3/t12-/m1/s1. The largest absolute Gasteiger partial charge is 0.493 e. The molecule has 34 heavy (non-hydrogen) atoms. The van der Waals surface area contributed by atoms with Crippen molar-refractivity contribution in [1.82, 2.24) is 9.66 Å². The average Bonchev–Trinajstić information content (AvgIpc) is 2.82. The first-order valence-corrected chi connectivity index (χ1v) is 12.7. The first-order chi connectivity index (χ1) is 16.2. The van der Waals surface area contributed by atoms with Crippen LogP contribution < -0.4 is 15.0 Å². The van der Waals surface area contributed by atoms with Gasteiger partial charge in [0.15, 0.2) is 17.6 Å². The van der Waals surface area contributed by atoms with Gasteiger partial charge in [0.25, 0.3) is 5.56 Å². The molecule has 0 spiro atoms. The number of fused-ring (bicyclic) bond motifs is 1. The zero-order valence-electron chi connectivity index (χ0n) is 18.9. The van der Waals surface area contributed by atoms with E-state index in [1.807, 2.05) is 13.0 Å². The summed E-state index contributed by atoms with van der Waals surface area (Å²) >= 11 is 10.4. The number of aryl methyl sites for hydroxylation is 1. The summed E-state index contributed by atoms with van der Waals surface area (Å²) in [4.78, 5) is 29.7. The second-order valence-corrected chi connectivity index (χ2v) is 9.54. The van der Waals surface area contributed by atoms with E-state index in [0.717, 1.165) is 4.47 Å². The number of carbonyl (C=O) groups is 1. The molecule has 180 valence electrons. The lowest BCUT2D eigenvalue weighted by Gasteiger charge is -2.18. The second-order valence-electron chi connectivity index (χ2n) is 7.04. The molecular weight excluding hydrogens is 638 g/mol. The van der Waals surface area contributed by atoms with Gasteiger partial charge in [-0.2, -0.15) is 9.78 Å². The normalized spacial score (nSPS) is 12.2. The minimum absolute atomic E-state index is 0.254. The van der Waals surface area contributed by atoms with Crippen molar-refractivity contribution >= 4 is 70.9 Å². The van der Waals surface area contributed by atoms with Crippen LogP contribution in [0.5, 0.6) is 11.5 Å². The van der Waals surface area contributed by atoms with Gasteiger partial charge in [-0.3, -0.25) is 4.79 Å². The second kappa shape index (κ2) is 11.5. The first-order valence-electron chi connectivity index (χ1n) is 10.4. The lowest BCUT2D eigenvalue weighted by Crippen LogP contribution is -2.26. The molecule has 1 heterocycles. The Labute approximate surface area is 221 Å². The number of hydrogen-bond acceptors (Lipinski definition) is 7.